The first-order chi connectivity index (χ1) is 6.18. The number of hydrogen-bond acceptors (Lipinski definition) is 2. The largest absolute Gasteiger partial charge is 0.481 e. The van der Waals surface area contributed by atoms with Crippen molar-refractivity contribution in [1.29, 1.82) is 0 Å². The van der Waals surface area contributed by atoms with E-state index in [1.54, 1.807) is 0 Å². The first kappa shape index (κ1) is 8.53. The maximum absolute atomic E-state index is 11.1. The third-order valence-corrected chi connectivity index (χ3v) is 2.98. The van der Waals surface area contributed by atoms with Crippen LogP contribution in [-0.4, -0.2) is 23.5 Å². The van der Waals surface area contributed by atoms with Crippen molar-refractivity contribution in [3.8, 4) is 0 Å². The lowest BCUT2D eigenvalue weighted by molar-refractivity contribution is -0.149. The summed E-state index contributed by atoms with van der Waals surface area (Å²) in [5.41, 5.74) is 0. The maximum atomic E-state index is 11.1. The van der Waals surface area contributed by atoms with Crippen LogP contribution in [0.5, 0.6) is 0 Å². The quantitative estimate of drug-likeness (QED) is 0.602. The number of rotatable bonds is 2. The van der Waals surface area contributed by atoms with Gasteiger partial charge in [0.1, 0.15) is 5.92 Å². The van der Waals surface area contributed by atoms with Gasteiger partial charge in [0.15, 0.2) is 0 Å². The maximum Gasteiger partial charge on any atom is 0.316 e. The van der Waals surface area contributed by atoms with E-state index in [2.05, 4.69) is 5.32 Å². The molecule has 1 heterocycles. The molecule has 2 N–H and O–H groups in total. The third-order valence-electron chi connectivity index (χ3n) is 2.98. The molecule has 1 amide bonds. The second-order valence-corrected chi connectivity index (χ2v) is 3.97. The fourth-order valence-corrected chi connectivity index (χ4v) is 1.99. The van der Waals surface area contributed by atoms with Gasteiger partial charge in [-0.05, 0) is 31.1 Å². The molecule has 0 unspecified atom stereocenters. The van der Waals surface area contributed by atoms with Crippen LogP contribution in [-0.2, 0) is 9.59 Å². The van der Waals surface area contributed by atoms with Gasteiger partial charge in [-0.25, -0.2) is 0 Å². The standard InChI is InChI=1S/C9H13NO3/c11-8-7(9(12)13)3-6(4-10-8)5-1-2-5/h5-7H,1-4H2,(H,10,11)(H,12,13)/t6-,7-/m0/s1. The average molecular weight is 183 g/mol. The summed E-state index contributed by atoms with van der Waals surface area (Å²) in [6.45, 7) is 0.674. The molecule has 1 saturated heterocycles. The van der Waals surface area contributed by atoms with Crippen molar-refractivity contribution in [3.63, 3.8) is 0 Å². The summed E-state index contributed by atoms with van der Waals surface area (Å²) in [7, 11) is 0. The van der Waals surface area contributed by atoms with Gasteiger partial charge in [-0.2, -0.15) is 0 Å². The molecule has 1 aliphatic carbocycles. The molecule has 72 valence electrons. The molecule has 4 nitrogen and oxygen atoms in total. The minimum atomic E-state index is -0.983. The van der Waals surface area contributed by atoms with Crippen LogP contribution in [0.25, 0.3) is 0 Å². The van der Waals surface area contributed by atoms with Gasteiger partial charge in [0.05, 0.1) is 0 Å². The Hall–Kier alpha value is -1.06. The van der Waals surface area contributed by atoms with Crippen molar-refractivity contribution in [2.75, 3.05) is 6.54 Å². The van der Waals surface area contributed by atoms with E-state index >= 15 is 0 Å². The molecule has 2 fully saturated rings. The van der Waals surface area contributed by atoms with Gasteiger partial charge in [-0.3, -0.25) is 9.59 Å². The van der Waals surface area contributed by atoms with Crippen molar-refractivity contribution in [1.82, 2.24) is 5.32 Å². The number of carboxylic acid groups (broad SMARTS) is 1. The van der Waals surface area contributed by atoms with E-state index in [-0.39, 0.29) is 5.91 Å². The van der Waals surface area contributed by atoms with E-state index in [4.69, 9.17) is 5.11 Å². The minimum Gasteiger partial charge on any atom is -0.481 e. The predicted octanol–water partition coefficient (Wildman–Crippen LogP) is 0.233. The highest BCUT2D eigenvalue weighted by Crippen LogP contribution is 2.40. The van der Waals surface area contributed by atoms with Crippen LogP contribution in [0, 0.1) is 17.8 Å². The highest BCUT2D eigenvalue weighted by atomic mass is 16.4. The van der Waals surface area contributed by atoms with Crippen LogP contribution in [0.3, 0.4) is 0 Å². The Morgan fingerprint density at radius 2 is 2.08 bits per heavy atom. The monoisotopic (exact) mass is 183 g/mol. The van der Waals surface area contributed by atoms with Crippen LogP contribution in [0.15, 0.2) is 0 Å². The third kappa shape index (κ3) is 1.66. The SMILES string of the molecule is O=C(O)[C@H]1C[C@H](C2CC2)CNC1=O. The molecular weight excluding hydrogens is 170 g/mol. The molecule has 13 heavy (non-hydrogen) atoms. The summed E-state index contributed by atoms with van der Waals surface area (Å²) in [5.74, 6) is -1.03. The summed E-state index contributed by atoms with van der Waals surface area (Å²) in [4.78, 5) is 21.8. The summed E-state index contributed by atoms with van der Waals surface area (Å²) in [5, 5.41) is 11.4. The highest BCUT2D eigenvalue weighted by molar-refractivity contribution is 5.97. The first-order valence-electron chi connectivity index (χ1n) is 4.69. The van der Waals surface area contributed by atoms with Crippen molar-refractivity contribution in [2.24, 2.45) is 17.8 Å². The van der Waals surface area contributed by atoms with Crippen molar-refractivity contribution < 1.29 is 14.7 Å². The van der Waals surface area contributed by atoms with E-state index < -0.39 is 11.9 Å². The second-order valence-electron chi connectivity index (χ2n) is 3.97. The lowest BCUT2D eigenvalue weighted by Gasteiger charge is -2.26. The van der Waals surface area contributed by atoms with Gasteiger partial charge in [-0.15, -0.1) is 0 Å². The summed E-state index contributed by atoms with van der Waals surface area (Å²) < 4.78 is 0. The first-order valence-corrected chi connectivity index (χ1v) is 4.69. The zero-order valence-corrected chi connectivity index (χ0v) is 7.32. The van der Waals surface area contributed by atoms with Gasteiger partial charge in [-0.1, -0.05) is 0 Å². The van der Waals surface area contributed by atoms with Gasteiger partial charge in [0, 0.05) is 6.54 Å². The Bertz CT molecular complexity index is 247. The number of amides is 1. The van der Waals surface area contributed by atoms with E-state index in [0.29, 0.717) is 24.8 Å². The molecule has 4 heteroatoms. The van der Waals surface area contributed by atoms with Gasteiger partial charge >= 0.3 is 5.97 Å². The van der Waals surface area contributed by atoms with Crippen molar-refractivity contribution in [3.05, 3.63) is 0 Å². The lowest BCUT2D eigenvalue weighted by atomic mass is 9.87. The molecule has 0 bridgehead atoms. The number of hydrogen-bond donors (Lipinski definition) is 2. The Labute approximate surface area is 76.3 Å². The second kappa shape index (κ2) is 3.01. The molecule has 0 aromatic carbocycles. The van der Waals surface area contributed by atoms with Crippen LogP contribution >= 0.6 is 0 Å². The average Bonchev–Trinajstić information content (AvgIpc) is 2.87. The molecule has 1 aliphatic heterocycles. The molecule has 2 rings (SSSR count). The van der Waals surface area contributed by atoms with Gasteiger partial charge in [0.25, 0.3) is 0 Å². The topological polar surface area (TPSA) is 66.4 Å². The predicted molar refractivity (Wildman–Crippen MR) is 45.0 cm³/mol. The smallest absolute Gasteiger partial charge is 0.316 e. The van der Waals surface area contributed by atoms with Crippen molar-refractivity contribution in [2.45, 2.75) is 19.3 Å². The number of carbonyl (C=O) groups excluding carboxylic acids is 1. The molecule has 2 aliphatic rings. The summed E-state index contributed by atoms with van der Waals surface area (Å²) in [6.07, 6.45) is 2.94. The minimum absolute atomic E-state index is 0.315. The Morgan fingerprint density at radius 3 is 2.62 bits per heavy atom. The van der Waals surface area contributed by atoms with Gasteiger partial charge in [0.2, 0.25) is 5.91 Å². The normalized spacial score (nSPS) is 34.0. The Kier molecular flexibility index (Phi) is 1.98. The molecule has 0 radical (unpaired) electrons. The fraction of sp³-hybridized carbons (Fsp3) is 0.778. The number of carbonyl (C=O) groups is 2. The highest BCUT2D eigenvalue weighted by Gasteiger charge is 2.40. The Morgan fingerprint density at radius 1 is 1.38 bits per heavy atom. The number of aliphatic carboxylic acids is 1. The molecule has 0 aromatic heterocycles. The van der Waals surface area contributed by atoms with Crippen LogP contribution < -0.4 is 5.32 Å². The van der Waals surface area contributed by atoms with Crippen LogP contribution in [0.1, 0.15) is 19.3 Å². The fourth-order valence-electron chi connectivity index (χ4n) is 1.99. The number of carboxylic acids is 1. The van der Waals surface area contributed by atoms with E-state index in [0.717, 1.165) is 0 Å². The van der Waals surface area contributed by atoms with Gasteiger partial charge < -0.3 is 10.4 Å². The van der Waals surface area contributed by atoms with E-state index in [1.165, 1.54) is 12.8 Å². The van der Waals surface area contributed by atoms with Crippen molar-refractivity contribution >= 4 is 11.9 Å². The molecule has 2 atom stereocenters. The molecular formula is C9H13NO3. The van der Waals surface area contributed by atoms with Crippen LogP contribution in [0.2, 0.25) is 0 Å². The number of nitrogens with one attached hydrogen (secondary N) is 1. The lowest BCUT2D eigenvalue weighted by Crippen LogP contribution is -2.45. The Balaban J connectivity index is 1.99. The summed E-state index contributed by atoms with van der Waals surface area (Å²) in [6, 6.07) is 0. The zero-order chi connectivity index (χ0) is 9.42. The van der Waals surface area contributed by atoms with Crippen LogP contribution in [0.4, 0.5) is 0 Å². The van der Waals surface area contributed by atoms with E-state index in [1.807, 2.05) is 0 Å². The molecule has 0 aromatic rings. The summed E-state index contributed by atoms with van der Waals surface area (Å²) >= 11 is 0. The number of piperidine rings is 1. The molecule has 0 spiro atoms. The zero-order valence-electron chi connectivity index (χ0n) is 7.32. The van der Waals surface area contributed by atoms with E-state index in [9.17, 15) is 9.59 Å². The molecule has 1 saturated carbocycles.